The van der Waals surface area contributed by atoms with Crippen molar-refractivity contribution in [1.82, 2.24) is 5.32 Å². The molecule has 0 spiro atoms. The highest BCUT2D eigenvalue weighted by Crippen LogP contribution is 2.11. The molecule has 0 saturated carbocycles. The Labute approximate surface area is 66.7 Å². The molecule has 1 aliphatic rings. The second kappa shape index (κ2) is 2.73. The van der Waals surface area contributed by atoms with Gasteiger partial charge in [0.15, 0.2) is 0 Å². The zero-order valence-electron chi connectivity index (χ0n) is 4.03. The van der Waals surface area contributed by atoms with Gasteiger partial charge in [-0.2, -0.15) is 4.99 Å². The molecule has 9 heavy (non-hydrogen) atoms. The third-order valence-electron chi connectivity index (χ3n) is 0.587. The highest BCUT2D eigenvalue weighted by Gasteiger charge is 2.11. The van der Waals surface area contributed by atoms with Crippen LogP contribution < -0.4 is 5.32 Å². The number of rotatable bonds is 0. The van der Waals surface area contributed by atoms with Gasteiger partial charge in [0.05, 0.1) is 0 Å². The minimum Gasteiger partial charge on any atom is -0.319 e. The molecule has 0 aromatic heterocycles. The monoisotopic (exact) mass is 184 g/mol. The Kier molecular flexibility index (Phi) is 2.16. The molecule has 0 aliphatic carbocycles. The van der Waals surface area contributed by atoms with Gasteiger partial charge < -0.3 is 5.32 Å². The molecular weight excluding hydrogens is 184 g/mol. The number of nitrogens with one attached hydrogen (secondary N) is 1. The third kappa shape index (κ3) is 2.01. The second-order valence-corrected chi connectivity index (χ2v) is 2.25. The van der Waals surface area contributed by atoms with Crippen LogP contribution in [0.4, 0.5) is 0 Å². The molecular formula is C3HCl3N3. The topological polar surface area (TPSA) is 36.8 Å². The van der Waals surface area contributed by atoms with Gasteiger partial charge in [0.2, 0.25) is 10.6 Å². The van der Waals surface area contributed by atoms with Crippen molar-refractivity contribution in [3.05, 3.63) is 5.62 Å². The molecule has 1 radical (unpaired) electrons. The van der Waals surface area contributed by atoms with Crippen molar-refractivity contribution in [2.45, 2.75) is 0 Å². The summed E-state index contributed by atoms with van der Waals surface area (Å²) in [5.41, 5.74) is 0.125. The van der Waals surface area contributed by atoms with E-state index in [1.54, 1.807) is 0 Å². The lowest BCUT2D eigenvalue weighted by molar-refractivity contribution is 1.01. The zero-order chi connectivity index (χ0) is 6.85. The van der Waals surface area contributed by atoms with Crippen molar-refractivity contribution in [2.24, 2.45) is 9.98 Å². The van der Waals surface area contributed by atoms with Crippen molar-refractivity contribution >= 4 is 45.4 Å². The average Bonchev–Trinajstić information content (AvgIpc) is 1.59. The SMILES string of the molecule is Cl[C]1N=C(Cl)N=C(Cl)N1. The predicted molar refractivity (Wildman–Crippen MR) is 38.8 cm³/mol. The van der Waals surface area contributed by atoms with Crippen molar-refractivity contribution in [3.63, 3.8) is 0 Å². The van der Waals surface area contributed by atoms with Crippen LogP contribution in [-0.2, 0) is 0 Å². The third-order valence-corrected chi connectivity index (χ3v) is 1.11. The number of aliphatic imine (C=N–C) groups is 2. The molecule has 3 nitrogen and oxygen atoms in total. The van der Waals surface area contributed by atoms with Gasteiger partial charge in [0.1, 0.15) is 0 Å². The summed E-state index contributed by atoms with van der Waals surface area (Å²) >= 11 is 16.1. The lowest BCUT2D eigenvalue weighted by Crippen LogP contribution is -2.23. The van der Waals surface area contributed by atoms with Gasteiger partial charge in [-0.15, -0.1) is 0 Å². The van der Waals surface area contributed by atoms with E-state index in [9.17, 15) is 0 Å². The molecule has 0 fully saturated rings. The van der Waals surface area contributed by atoms with Crippen LogP contribution in [-0.4, -0.2) is 10.6 Å². The molecule has 0 aromatic rings. The fourth-order valence-electron chi connectivity index (χ4n) is 0.328. The fraction of sp³-hybridized carbons (Fsp3) is 0. The van der Waals surface area contributed by atoms with E-state index in [0.717, 1.165) is 0 Å². The van der Waals surface area contributed by atoms with Crippen LogP contribution in [0.1, 0.15) is 0 Å². The van der Waals surface area contributed by atoms with Crippen LogP contribution in [0.15, 0.2) is 9.98 Å². The molecule has 0 atom stereocenters. The Morgan fingerprint density at radius 3 is 2.22 bits per heavy atom. The minimum absolute atomic E-state index is 0.0313. The molecule has 0 bridgehead atoms. The van der Waals surface area contributed by atoms with E-state index in [4.69, 9.17) is 34.8 Å². The van der Waals surface area contributed by atoms with Gasteiger partial charge in [-0.05, 0) is 23.2 Å². The van der Waals surface area contributed by atoms with Crippen LogP contribution in [0.5, 0.6) is 0 Å². The van der Waals surface area contributed by atoms with E-state index in [-0.39, 0.29) is 16.2 Å². The Morgan fingerprint density at radius 1 is 1.11 bits per heavy atom. The smallest absolute Gasteiger partial charge is 0.270 e. The first-order valence-electron chi connectivity index (χ1n) is 1.96. The van der Waals surface area contributed by atoms with Gasteiger partial charge in [-0.25, -0.2) is 4.99 Å². The zero-order valence-corrected chi connectivity index (χ0v) is 6.30. The largest absolute Gasteiger partial charge is 0.319 e. The van der Waals surface area contributed by atoms with Gasteiger partial charge in [-0.3, -0.25) is 0 Å². The van der Waals surface area contributed by atoms with Crippen LogP contribution in [0, 0.1) is 5.62 Å². The molecule has 1 aliphatic heterocycles. The number of nitrogens with zero attached hydrogens (tertiary/aromatic N) is 2. The predicted octanol–water partition coefficient (Wildman–Crippen LogP) is 1.46. The molecule has 1 rings (SSSR count). The Morgan fingerprint density at radius 2 is 1.78 bits per heavy atom. The summed E-state index contributed by atoms with van der Waals surface area (Å²) in [4.78, 5) is 7.03. The molecule has 0 saturated heterocycles. The van der Waals surface area contributed by atoms with Crippen LogP contribution >= 0.6 is 34.8 Å². The fourth-order valence-corrected chi connectivity index (χ4v) is 0.971. The summed E-state index contributed by atoms with van der Waals surface area (Å²) in [6.45, 7) is 0. The first-order valence-corrected chi connectivity index (χ1v) is 3.10. The number of halogens is 3. The van der Waals surface area contributed by atoms with Crippen LogP contribution in [0.3, 0.4) is 0 Å². The molecule has 0 amide bonds. The van der Waals surface area contributed by atoms with Gasteiger partial charge in [-0.1, -0.05) is 11.6 Å². The Hall–Kier alpha value is 0.01000. The maximum Gasteiger partial charge on any atom is 0.270 e. The maximum atomic E-state index is 5.37. The summed E-state index contributed by atoms with van der Waals surface area (Å²) in [6, 6.07) is 0. The number of amidine groups is 2. The first kappa shape index (κ1) is 7.12. The number of hydrogen-bond donors (Lipinski definition) is 1. The molecule has 6 heteroatoms. The molecule has 49 valence electrons. The standard InChI is InChI=1S/C3HCl3N3/c4-1-7-2(5)9-3(6)8-1/h(H,7,8,9). The summed E-state index contributed by atoms with van der Waals surface area (Å²) in [5.74, 6) is 0. The van der Waals surface area contributed by atoms with E-state index in [1.165, 1.54) is 0 Å². The summed E-state index contributed by atoms with van der Waals surface area (Å²) in [7, 11) is 0. The van der Waals surface area contributed by atoms with Crippen molar-refractivity contribution in [1.29, 1.82) is 0 Å². The van der Waals surface area contributed by atoms with Crippen molar-refractivity contribution in [2.75, 3.05) is 0 Å². The summed E-state index contributed by atoms with van der Waals surface area (Å²) in [6.07, 6.45) is 0. The Bertz CT molecular complexity index is 175. The van der Waals surface area contributed by atoms with E-state index in [1.807, 2.05) is 0 Å². The minimum atomic E-state index is 0.0313. The average molecular weight is 185 g/mol. The highest BCUT2D eigenvalue weighted by atomic mass is 35.5. The summed E-state index contributed by atoms with van der Waals surface area (Å²) in [5, 5.41) is 2.59. The maximum absolute atomic E-state index is 5.37. The second-order valence-electron chi connectivity index (χ2n) is 1.20. The lowest BCUT2D eigenvalue weighted by Gasteiger charge is -2.08. The van der Waals surface area contributed by atoms with E-state index < -0.39 is 0 Å². The molecule has 0 aromatic carbocycles. The van der Waals surface area contributed by atoms with Crippen LogP contribution in [0.25, 0.3) is 0 Å². The number of hydrogen-bond acceptors (Lipinski definition) is 3. The van der Waals surface area contributed by atoms with Gasteiger partial charge in [0.25, 0.3) is 5.62 Å². The molecule has 1 heterocycles. The lowest BCUT2D eigenvalue weighted by atomic mass is 10.9. The normalized spacial score (nSPS) is 20.3. The quantitative estimate of drug-likeness (QED) is 0.570. The van der Waals surface area contributed by atoms with Crippen molar-refractivity contribution < 1.29 is 0 Å². The van der Waals surface area contributed by atoms with E-state index in [0.29, 0.717) is 0 Å². The first-order chi connectivity index (χ1) is 4.18. The Balaban J connectivity index is 2.74. The van der Waals surface area contributed by atoms with Crippen molar-refractivity contribution in [3.8, 4) is 0 Å². The van der Waals surface area contributed by atoms with E-state index in [2.05, 4.69) is 15.3 Å². The summed E-state index contributed by atoms with van der Waals surface area (Å²) < 4.78 is 0. The van der Waals surface area contributed by atoms with Gasteiger partial charge >= 0.3 is 0 Å². The molecule has 1 N–H and O–H groups in total. The van der Waals surface area contributed by atoms with Crippen LogP contribution in [0.2, 0.25) is 0 Å². The van der Waals surface area contributed by atoms with Gasteiger partial charge in [0, 0.05) is 0 Å². The highest BCUT2D eigenvalue weighted by molar-refractivity contribution is 6.72. The van der Waals surface area contributed by atoms with E-state index >= 15 is 0 Å². The molecule has 0 unspecified atom stereocenters.